The van der Waals surface area contributed by atoms with Crippen LogP contribution in [0, 0.1) is 13.8 Å². The van der Waals surface area contributed by atoms with E-state index in [1.54, 1.807) is 32.0 Å². The maximum Gasteiger partial charge on any atom is 0.227 e. The molecular formula is C12H11Cl2N3O. The number of nitrogen functional groups attached to an aromatic ring is 1. The van der Waals surface area contributed by atoms with Crippen molar-refractivity contribution in [2.45, 2.75) is 13.8 Å². The van der Waals surface area contributed by atoms with Crippen LogP contribution in [-0.2, 0) is 0 Å². The lowest BCUT2D eigenvalue weighted by molar-refractivity contribution is 0.456. The molecule has 1 heterocycles. The van der Waals surface area contributed by atoms with Crippen LogP contribution in [0.2, 0.25) is 10.0 Å². The van der Waals surface area contributed by atoms with Crippen molar-refractivity contribution in [1.82, 2.24) is 9.97 Å². The van der Waals surface area contributed by atoms with Crippen LogP contribution >= 0.6 is 23.2 Å². The van der Waals surface area contributed by atoms with Crippen molar-refractivity contribution in [3.8, 4) is 11.6 Å². The van der Waals surface area contributed by atoms with Crippen molar-refractivity contribution >= 4 is 29.0 Å². The number of ether oxygens (including phenoxy) is 1. The Labute approximate surface area is 115 Å². The lowest BCUT2D eigenvalue weighted by atomic mass is 10.3. The molecule has 94 valence electrons. The highest BCUT2D eigenvalue weighted by molar-refractivity contribution is 6.42. The second-order valence-electron chi connectivity index (χ2n) is 3.76. The van der Waals surface area contributed by atoms with E-state index in [4.69, 9.17) is 33.7 Å². The largest absolute Gasteiger partial charge is 0.438 e. The average Bonchev–Trinajstić information content (AvgIpc) is 2.30. The first-order valence-electron chi connectivity index (χ1n) is 5.21. The molecule has 0 fully saturated rings. The number of aryl methyl sites for hydroxylation is 1. The number of halogens is 2. The van der Waals surface area contributed by atoms with Gasteiger partial charge in [0, 0.05) is 6.07 Å². The number of benzene rings is 1. The fraction of sp³-hybridized carbons (Fsp3) is 0.167. The van der Waals surface area contributed by atoms with E-state index >= 15 is 0 Å². The van der Waals surface area contributed by atoms with Gasteiger partial charge < -0.3 is 10.5 Å². The summed E-state index contributed by atoms with van der Waals surface area (Å²) in [7, 11) is 0. The third-order valence-electron chi connectivity index (χ3n) is 2.36. The monoisotopic (exact) mass is 283 g/mol. The highest BCUT2D eigenvalue weighted by Gasteiger charge is 2.09. The van der Waals surface area contributed by atoms with Gasteiger partial charge in [-0.1, -0.05) is 23.2 Å². The third-order valence-corrected chi connectivity index (χ3v) is 3.10. The molecule has 0 bridgehead atoms. The van der Waals surface area contributed by atoms with Crippen LogP contribution < -0.4 is 10.5 Å². The number of hydrogen-bond acceptors (Lipinski definition) is 4. The minimum atomic E-state index is 0.401. The molecule has 0 spiro atoms. The summed E-state index contributed by atoms with van der Waals surface area (Å²) in [4.78, 5) is 8.24. The third kappa shape index (κ3) is 2.66. The van der Waals surface area contributed by atoms with Gasteiger partial charge in [0.25, 0.3) is 0 Å². The lowest BCUT2D eigenvalue weighted by Crippen LogP contribution is -2.02. The Morgan fingerprint density at radius 2 is 1.83 bits per heavy atom. The highest BCUT2D eigenvalue weighted by atomic mass is 35.5. The van der Waals surface area contributed by atoms with E-state index in [-0.39, 0.29) is 0 Å². The summed E-state index contributed by atoms with van der Waals surface area (Å²) in [5.74, 6) is 1.91. The van der Waals surface area contributed by atoms with E-state index in [0.717, 1.165) is 0 Å². The molecule has 0 aliphatic rings. The van der Waals surface area contributed by atoms with Gasteiger partial charge in [0.1, 0.15) is 17.4 Å². The summed E-state index contributed by atoms with van der Waals surface area (Å²) in [5, 5.41) is 0.893. The maximum atomic E-state index is 5.91. The van der Waals surface area contributed by atoms with Crippen molar-refractivity contribution in [1.29, 1.82) is 0 Å². The molecule has 0 saturated heterocycles. The van der Waals surface area contributed by atoms with Crippen molar-refractivity contribution < 1.29 is 4.74 Å². The first-order chi connectivity index (χ1) is 8.47. The molecule has 0 atom stereocenters. The van der Waals surface area contributed by atoms with E-state index in [9.17, 15) is 0 Å². The number of nitrogens with two attached hydrogens (primary N) is 1. The molecule has 2 aromatic rings. The zero-order valence-electron chi connectivity index (χ0n) is 9.87. The first-order valence-corrected chi connectivity index (χ1v) is 5.96. The molecule has 1 aromatic heterocycles. The molecule has 0 aliphatic heterocycles. The first kappa shape index (κ1) is 12.9. The predicted molar refractivity (Wildman–Crippen MR) is 72.5 cm³/mol. The van der Waals surface area contributed by atoms with Crippen molar-refractivity contribution in [2.24, 2.45) is 0 Å². The molecule has 18 heavy (non-hydrogen) atoms. The fourth-order valence-corrected chi connectivity index (χ4v) is 1.66. The fourth-order valence-electron chi connectivity index (χ4n) is 1.37. The molecule has 2 N–H and O–H groups in total. The molecule has 6 heteroatoms. The van der Waals surface area contributed by atoms with E-state index in [1.807, 2.05) is 0 Å². The minimum Gasteiger partial charge on any atom is -0.438 e. The van der Waals surface area contributed by atoms with Crippen LogP contribution in [0.3, 0.4) is 0 Å². The van der Waals surface area contributed by atoms with Gasteiger partial charge in [-0.15, -0.1) is 0 Å². The van der Waals surface area contributed by atoms with Crippen LogP contribution in [-0.4, -0.2) is 9.97 Å². The topological polar surface area (TPSA) is 61.0 Å². The average molecular weight is 284 g/mol. The summed E-state index contributed by atoms with van der Waals surface area (Å²) >= 11 is 11.7. The summed E-state index contributed by atoms with van der Waals surface area (Å²) in [6, 6.07) is 4.99. The molecule has 4 nitrogen and oxygen atoms in total. The SMILES string of the molecule is Cc1nc(N)c(C)c(Oc2ccc(Cl)c(Cl)c2)n1. The number of hydrogen-bond donors (Lipinski definition) is 1. The zero-order valence-corrected chi connectivity index (χ0v) is 11.4. The van der Waals surface area contributed by atoms with Gasteiger partial charge in [-0.25, -0.2) is 4.98 Å². The predicted octanol–water partition coefficient (Wildman–Crippen LogP) is 3.77. The van der Waals surface area contributed by atoms with Gasteiger partial charge in [0.2, 0.25) is 5.88 Å². The molecule has 0 amide bonds. The maximum absolute atomic E-state index is 5.91. The lowest BCUT2D eigenvalue weighted by Gasteiger charge is -2.10. The quantitative estimate of drug-likeness (QED) is 0.911. The Morgan fingerprint density at radius 3 is 2.50 bits per heavy atom. The number of rotatable bonds is 2. The Bertz CT molecular complexity index is 602. The van der Waals surface area contributed by atoms with Gasteiger partial charge in [0.05, 0.1) is 15.6 Å². The summed E-state index contributed by atoms with van der Waals surface area (Å²) in [5.41, 5.74) is 6.44. The van der Waals surface area contributed by atoms with Crippen LogP contribution in [0.5, 0.6) is 11.6 Å². The number of nitrogens with zero attached hydrogens (tertiary/aromatic N) is 2. The summed E-state index contributed by atoms with van der Waals surface area (Å²) in [6.07, 6.45) is 0. The minimum absolute atomic E-state index is 0.401. The van der Waals surface area contributed by atoms with Crippen molar-refractivity contribution in [3.63, 3.8) is 0 Å². The van der Waals surface area contributed by atoms with Crippen LogP contribution in [0.1, 0.15) is 11.4 Å². The van der Waals surface area contributed by atoms with Crippen molar-refractivity contribution in [3.05, 3.63) is 39.6 Å². The molecule has 2 rings (SSSR count). The Kier molecular flexibility index (Phi) is 3.59. The van der Waals surface area contributed by atoms with E-state index in [1.165, 1.54) is 0 Å². The summed E-state index contributed by atoms with van der Waals surface area (Å²) < 4.78 is 5.63. The van der Waals surface area contributed by atoms with Gasteiger partial charge in [-0.3, -0.25) is 0 Å². The van der Waals surface area contributed by atoms with Gasteiger partial charge >= 0.3 is 0 Å². The second-order valence-corrected chi connectivity index (χ2v) is 4.58. The molecule has 0 saturated carbocycles. The standard InChI is InChI=1S/C12H11Cl2N3O/c1-6-11(15)16-7(2)17-12(6)18-8-3-4-9(13)10(14)5-8/h3-5H,1-2H3,(H2,15,16,17). The molecular weight excluding hydrogens is 273 g/mol. The Morgan fingerprint density at radius 1 is 1.11 bits per heavy atom. The molecule has 0 radical (unpaired) electrons. The smallest absolute Gasteiger partial charge is 0.227 e. The van der Waals surface area contributed by atoms with E-state index in [2.05, 4.69) is 9.97 Å². The van der Waals surface area contributed by atoms with Gasteiger partial charge in [-0.2, -0.15) is 4.98 Å². The normalized spacial score (nSPS) is 10.4. The van der Waals surface area contributed by atoms with Crippen LogP contribution in [0.4, 0.5) is 5.82 Å². The Hall–Kier alpha value is -1.52. The zero-order chi connectivity index (χ0) is 13.3. The summed E-state index contributed by atoms with van der Waals surface area (Å²) in [6.45, 7) is 3.54. The second kappa shape index (κ2) is 5.00. The Balaban J connectivity index is 2.36. The van der Waals surface area contributed by atoms with Gasteiger partial charge in [0.15, 0.2) is 0 Å². The van der Waals surface area contributed by atoms with Crippen LogP contribution in [0.15, 0.2) is 18.2 Å². The number of anilines is 1. The van der Waals surface area contributed by atoms with E-state index in [0.29, 0.717) is 38.9 Å². The molecule has 0 unspecified atom stereocenters. The van der Waals surface area contributed by atoms with Crippen LogP contribution in [0.25, 0.3) is 0 Å². The molecule has 0 aliphatic carbocycles. The van der Waals surface area contributed by atoms with Crippen molar-refractivity contribution in [2.75, 3.05) is 5.73 Å². The van der Waals surface area contributed by atoms with Gasteiger partial charge in [-0.05, 0) is 26.0 Å². The number of aromatic nitrogens is 2. The van der Waals surface area contributed by atoms with E-state index < -0.39 is 0 Å². The highest BCUT2D eigenvalue weighted by Crippen LogP contribution is 2.30. The molecule has 1 aromatic carbocycles.